The fourth-order valence-corrected chi connectivity index (χ4v) is 3.63. The van der Waals surface area contributed by atoms with E-state index in [0.717, 1.165) is 76.0 Å². The summed E-state index contributed by atoms with van der Waals surface area (Å²) in [6.45, 7) is 10.8. The lowest BCUT2D eigenvalue weighted by atomic mass is 9.94. The molecule has 1 aliphatic heterocycles. The van der Waals surface area contributed by atoms with Crippen LogP contribution in [0.3, 0.4) is 0 Å². The van der Waals surface area contributed by atoms with Crippen LogP contribution in [0, 0.1) is 0 Å². The van der Waals surface area contributed by atoms with Crippen molar-refractivity contribution < 1.29 is 9.47 Å². The van der Waals surface area contributed by atoms with Gasteiger partial charge in [0.05, 0.1) is 13.2 Å². The lowest BCUT2D eigenvalue weighted by Gasteiger charge is -2.23. The third kappa shape index (κ3) is 6.64. The predicted molar refractivity (Wildman–Crippen MR) is 126 cm³/mol. The second-order valence-electron chi connectivity index (χ2n) is 7.78. The van der Waals surface area contributed by atoms with Gasteiger partial charge in [0.2, 0.25) is 0 Å². The second-order valence-corrected chi connectivity index (χ2v) is 7.78. The van der Waals surface area contributed by atoms with Crippen LogP contribution in [0.5, 0.6) is 11.5 Å². The van der Waals surface area contributed by atoms with Crippen LogP contribution in [0.1, 0.15) is 45.1 Å². The Morgan fingerprint density at radius 3 is 2.00 bits per heavy atom. The van der Waals surface area contributed by atoms with Crippen molar-refractivity contribution in [2.24, 2.45) is 0 Å². The fourth-order valence-electron chi connectivity index (χ4n) is 3.63. The molecular formula is C25H37N3O2. The van der Waals surface area contributed by atoms with E-state index in [2.05, 4.69) is 66.2 Å². The van der Waals surface area contributed by atoms with Crippen molar-refractivity contribution in [1.82, 2.24) is 10.6 Å². The molecule has 2 aromatic rings. The summed E-state index contributed by atoms with van der Waals surface area (Å²) >= 11 is 0. The molecular weight excluding hydrogens is 374 g/mol. The van der Waals surface area contributed by atoms with Crippen LogP contribution < -0.4 is 25.4 Å². The van der Waals surface area contributed by atoms with Gasteiger partial charge in [-0.25, -0.2) is 0 Å². The first-order valence-electron chi connectivity index (χ1n) is 11.5. The van der Waals surface area contributed by atoms with Crippen molar-refractivity contribution in [3.63, 3.8) is 0 Å². The van der Waals surface area contributed by atoms with Crippen LogP contribution >= 0.6 is 0 Å². The quantitative estimate of drug-likeness (QED) is 0.389. The molecule has 164 valence electrons. The molecule has 1 heterocycles. The highest BCUT2D eigenvalue weighted by Crippen LogP contribution is 2.39. The van der Waals surface area contributed by atoms with Gasteiger partial charge in [-0.05, 0) is 87.3 Å². The molecule has 0 spiro atoms. The zero-order chi connectivity index (χ0) is 21.0. The zero-order valence-corrected chi connectivity index (χ0v) is 18.6. The highest BCUT2D eigenvalue weighted by Gasteiger charge is 2.17. The van der Waals surface area contributed by atoms with Gasteiger partial charge in [0, 0.05) is 23.9 Å². The third-order valence-electron chi connectivity index (χ3n) is 5.21. The number of fused-ring (bicyclic) bond motifs is 3. The predicted octanol–water partition coefficient (Wildman–Crippen LogP) is 4.82. The Kier molecular flexibility index (Phi) is 9.32. The van der Waals surface area contributed by atoms with Gasteiger partial charge in [-0.1, -0.05) is 19.9 Å². The van der Waals surface area contributed by atoms with E-state index in [1.807, 2.05) is 0 Å². The lowest BCUT2D eigenvalue weighted by Crippen LogP contribution is -2.18. The van der Waals surface area contributed by atoms with E-state index < -0.39 is 0 Å². The monoisotopic (exact) mass is 411 g/mol. The molecule has 0 amide bonds. The van der Waals surface area contributed by atoms with Crippen molar-refractivity contribution in [1.29, 1.82) is 0 Å². The molecule has 0 saturated heterocycles. The van der Waals surface area contributed by atoms with Crippen LogP contribution in [-0.2, 0) is 6.54 Å². The summed E-state index contributed by atoms with van der Waals surface area (Å²) in [7, 11) is 0. The number of anilines is 1. The topological polar surface area (TPSA) is 54.5 Å². The summed E-state index contributed by atoms with van der Waals surface area (Å²) in [5.74, 6) is 1.88. The molecule has 0 aliphatic carbocycles. The molecule has 0 fully saturated rings. The Bertz CT molecular complexity index is 713. The SMILES string of the molecule is CCCNCCCOc1ccc2c(c1)CNc1cc(OCCCNCCC)ccc1-2. The van der Waals surface area contributed by atoms with E-state index in [-0.39, 0.29) is 0 Å². The maximum Gasteiger partial charge on any atom is 0.121 e. The van der Waals surface area contributed by atoms with E-state index in [0.29, 0.717) is 0 Å². The van der Waals surface area contributed by atoms with Crippen LogP contribution in [-0.4, -0.2) is 39.4 Å². The van der Waals surface area contributed by atoms with Gasteiger partial charge in [0.25, 0.3) is 0 Å². The van der Waals surface area contributed by atoms with Crippen molar-refractivity contribution in [2.75, 3.05) is 44.7 Å². The first-order chi connectivity index (χ1) is 14.8. The van der Waals surface area contributed by atoms with Crippen LogP contribution in [0.2, 0.25) is 0 Å². The number of rotatable bonds is 14. The summed E-state index contributed by atoms with van der Waals surface area (Å²) in [5.41, 5.74) is 4.92. The molecule has 1 aliphatic rings. The smallest absolute Gasteiger partial charge is 0.121 e. The van der Waals surface area contributed by atoms with E-state index in [9.17, 15) is 0 Å². The largest absolute Gasteiger partial charge is 0.494 e. The van der Waals surface area contributed by atoms with E-state index in [4.69, 9.17) is 9.47 Å². The van der Waals surface area contributed by atoms with Gasteiger partial charge in [-0.15, -0.1) is 0 Å². The first kappa shape index (κ1) is 22.4. The fraction of sp³-hybridized carbons (Fsp3) is 0.520. The normalized spacial score (nSPS) is 12.1. The van der Waals surface area contributed by atoms with E-state index >= 15 is 0 Å². The Labute approximate surface area is 181 Å². The van der Waals surface area contributed by atoms with Gasteiger partial charge < -0.3 is 25.4 Å². The molecule has 3 N–H and O–H groups in total. The first-order valence-corrected chi connectivity index (χ1v) is 11.5. The highest BCUT2D eigenvalue weighted by molar-refractivity contribution is 5.84. The van der Waals surface area contributed by atoms with Gasteiger partial charge in [-0.2, -0.15) is 0 Å². The van der Waals surface area contributed by atoms with Gasteiger partial charge >= 0.3 is 0 Å². The van der Waals surface area contributed by atoms with Crippen molar-refractivity contribution in [3.8, 4) is 22.6 Å². The van der Waals surface area contributed by atoms with Gasteiger partial charge in [-0.3, -0.25) is 0 Å². The van der Waals surface area contributed by atoms with Crippen molar-refractivity contribution >= 4 is 5.69 Å². The maximum absolute atomic E-state index is 5.95. The Balaban J connectivity index is 1.52. The highest BCUT2D eigenvalue weighted by atomic mass is 16.5. The standard InChI is InChI=1S/C25H37N3O2/c1-3-11-26-13-5-15-29-21-7-9-23-20(17-21)19-28-25-18-22(8-10-24(23)25)30-16-6-14-27-12-4-2/h7-10,17-18,26-28H,3-6,11-16,19H2,1-2H3. The van der Waals surface area contributed by atoms with E-state index in [1.54, 1.807) is 0 Å². The molecule has 30 heavy (non-hydrogen) atoms. The van der Waals surface area contributed by atoms with Gasteiger partial charge in [0.15, 0.2) is 0 Å². The van der Waals surface area contributed by atoms with Crippen LogP contribution in [0.4, 0.5) is 5.69 Å². The molecule has 0 unspecified atom stereocenters. The third-order valence-corrected chi connectivity index (χ3v) is 5.21. The average molecular weight is 412 g/mol. The Morgan fingerprint density at radius 2 is 1.37 bits per heavy atom. The summed E-state index contributed by atoms with van der Waals surface area (Å²) in [6, 6.07) is 12.8. The Morgan fingerprint density at radius 1 is 0.767 bits per heavy atom. The zero-order valence-electron chi connectivity index (χ0n) is 18.6. The summed E-state index contributed by atoms with van der Waals surface area (Å²) < 4.78 is 11.9. The molecule has 0 saturated carbocycles. The minimum absolute atomic E-state index is 0.737. The van der Waals surface area contributed by atoms with Gasteiger partial charge in [0.1, 0.15) is 11.5 Å². The minimum Gasteiger partial charge on any atom is -0.494 e. The molecule has 3 rings (SSSR count). The van der Waals surface area contributed by atoms with Crippen LogP contribution in [0.15, 0.2) is 36.4 Å². The molecule has 0 atom stereocenters. The second kappa shape index (κ2) is 12.5. The molecule has 2 aromatic carbocycles. The molecule has 0 aromatic heterocycles. The number of ether oxygens (including phenoxy) is 2. The number of hydrogen-bond acceptors (Lipinski definition) is 5. The maximum atomic E-state index is 5.95. The Hall–Kier alpha value is -2.24. The molecule has 5 nitrogen and oxygen atoms in total. The van der Waals surface area contributed by atoms with Crippen molar-refractivity contribution in [2.45, 2.75) is 46.1 Å². The summed E-state index contributed by atoms with van der Waals surface area (Å²) in [4.78, 5) is 0. The summed E-state index contributed by atoms with van der Waals surface area (Å²) in [6.07, 6.45) is 4.38. The lowest BCUT2D eigenvalue weighted by molar-refractivity contribution is 0.308. The molecule has 0 bridgehead atoms. The molecule has 0 radical (unpaired) electrons. The number of hydrogen-bond donors (Lipinski definition) is 3. The van der Waals surface area contributed by atoms with Crippen molar-refractivity contribution in [3.05, 3.63) is 42.0 Å². The average Bonchev–Trinajstić information content (AvgIpc) is 2.78. The number of benzene rings is 2. The summed E-state index contributed by atoms with van der Waals surface area (Å²) in [5, 5.41) is 10.3. The number of nitrogens with one attached hydrogen (secondary N) is 3. The molecule has 5 heteroatoms. The minimum atomic E-state index is 0.737. The van der Waals surface area contributed by atoms with Crippen LogP contribution in [0.25, 0.3) is 11.1 Å². The van der Waals surface area contributed by atoms with E-state index in [1.165, 1.54) is 29.5 Å².